The van der Waals surface area contributed by atoms with Crippen molar-refractivity contribution < 1.29 is 17.2 Å². The zero-order chi connectivity index (χ0) is 13.2. The van der Waals surface area contributed by atoms with Gasteiger partial charge in [-0.3, -0.25) is 0 Å². The Labute approximate surface area is 99.1 Å². The minimum Gasteiger partial charge on any atom is -0.329 e. The molecule has 17 heavy (non-hydrogen) atoms. The average molecular weight is 264 g/mol. The lowest BCUT2D eigenvalue weighted by molar-refractivity contribution is 0.391. The van der Waals surface area contributed by atoms with Crippen LogP contribution in [0.1, 0.15) is 6.92 Å². The van der Waals surface area contributed by atoms with Crippen molar-refractivity contribution in [1.29, 1.82) is 0 Å². The Morgan fingerprint density at radius 3 is 2.47 bits per heavy atom. The minimum atomic E-state index is -3.99. The van der Waals surface area contributed by atoms with Gasteiger partial charge in [0.2, 0.25) is 10.0 Å². The number of hydrogen-bond donors (Lipinski definition) is 1. The molecule has 0 amide bonds. The Morgan fingerprint density at radius 1 is 1.41 bits per heavy atom. The van der Waals surface area contributed by atoms with E-state index in [1.165, 1.54) is 7.05 Å². The van der Waals surface area contributed by atoms with Crippen LogP contribution in [0.2, 0.25) is 0 Å². The summed E-state index contributed by atoms with van der Waals surface area (Å²) in [7, 11) is -2.68. The van der Waals surface area contributed by atoms with Crippen LogP contribution >= 0.6 is 0 Å². The molecule has 0 aliphatic heterocycles. The van der Waals surface area contributed by atoms with Gasteiger partial charge in [-0.15, -0.1) is 0 Å². The zero-order valence-corrected chi connectivity index (χ0v) is 10.3. The van der Waals surface area contributed by atoms with E-state index in [4.69, 9.17) is 5.73 Å². The normalized spacial score (nSPS) is 14.0. The van der Waals surface area contributed by atoms with Crippen LogP contribution in [-0.2, 0) is 10.0 Å². The highest BCUT2D eigenvalue weighted by molar-refractivity contribution is 7.89. The van der Waals surface area contributed by atoms with Crippen LogP contribution in [0.4, 0.5) is 8.78 Å². The van der Waals surface area contributed by atoms with E-state index < -0.39 is 32.6 Å². The third kappa shape index (κ3) is 2.80. The number of likely N-dealkylation sites (N-methyl/N-ethyl adjacent to an activating group) is 1. The quantitative estimate of drug-likeness (QED) is 0.880. The number of nitrogens with zero attached hydrogens (tertiary/aromatic N) is 1. The number of benzene rings is 1. The van der Waals surface area contributed by atoms with Gasteiger partial charge < -0.3 is 5.73 Å². The Hall–Kier alpha value is -1.05. The Kier molecular flexibility index (Phi) is 4.18. The molecule has 0 aliphatic rings. The Morgan fingerprint density at radius 2 is 2.00 bits per heavy atom. The lowest BCUT2D eigenvalue weighted by Gasteiger charge is -2.23. The van der Waals surface area contributed by atoms with E-state index in [-0.39, 0.29) is 6.54 Å². The molecule has 1 aromatic carbocycles. The van der Waals surface area contributed by atoms with Gasteiger partial charge in [0.25, 0.3) is 0 Å². The zero-order valence-electron chi connectivity index (χ0n) is 9.52. The van der Waals surface area contributed by atoms with Gasteiger partial charge in [0.1, 0.15) is 16.5 Å². The molecule has 1 atom stereocenters. The van der Waals surface area contributed by atoms with Gasteiger partial charge in [-0.2, -0.15) is 4.31 Å². The fourth-order valence-electron chi connectivity index (χ4n) is 1.22. The molecule has 0 saturated carbocycles. The second-order valence-corrected chi connectivity index (χ2v) is 5.65. The second-order valence-electron chi connectivity index (χ2n) is 3.68. The monoisotopic (exact) mass is 264 g/mol. The molecule has 2 N–H and O–H groups in total. The molecule has 1 aromatic rings. The van der Waals surface area contributed by atoms with E-state index in [1.807, 2.05) is 0 Å². The van der Waals surface area contributed by atoms with Crippen LogP contribution in [0.25, 0.3) is 0 Å². The van der Waals surface area contributed by atoms with Gasteiger partial charge in [-0.1, -0.05) is 0 Å². The molecule has 0 fully saturated rings. The Balaban J connectivity index is 3.22. The van der Waals surface area contributed by atoms with Crippen molar-refractivity contribution in [2.24, 2.45) is 5.73 Å². The molecule has 0 saturated heterocycles. The van der Waals surface area contributed by atoms with Crippen LogP contribution in [0.15, 0.2) is 23.1 Å². The van der Waals surface area contributed by atoms with Crippen LogP contribution in [0.3, 0.4) is 0 Å². The standard InChI is InChI=1S/C10H14F2N2O2S/c1-7(6-13)14(2)17(15,16)10-4-3-8(11)5-9(10)12/h3-5,7H,6,13H2,1-2H3. The molecular weight excluding hydrogens is 250 g/mol. The largest absolute Gasteiger partial charge is 0.329 e. The molecule has 0 bridgehead atoms. The summed E-state index contributed by atoms with van der Waals surface area (Å²) in [5.74, 6) is -1.93. The summed E-state index contributed by atoms with van der Waals surface area (Å²) in [5, 5.41) is 0. The van der Waals surface area contributed by atoms with Crippen molar-refractivity contribution in [3.05, 3.63) is 29.8 Å². The fraction of sp³-hybridized carbons (Fsp3) is 0.400. The molecule has 0 spiro atoms. The molecule has 4 nitrogen and oxygen atoms in total. The van der Waals surface area contributed by atoms with Gasteiger partial charge in [0, 0.05) is 25.7 Å². The maximum atomic E-state index is 13.4. The molecule has 7 heteroatoms. The van der Waals surface area contributed by atoms with Gasteiger partial charge >= 0.3 is 0 Å². The molecule has 1 rings (SSSR count). The predicted octanol–water partition coefficient (Wildman–Crippen LogP) is 0.933. The molecule has 0 aromatic heterocycles. The van der Waals surface area contributed by atoms with E-state index in [2.05, 4.69) is 0 Å². The average Bonchev–Trinajstić information content (AvgIpc) is 2.26. The van der Waals surface area contributed by atoms with E-state index in [0.717, 1.165) is 16.4 Å². The van der Waals surface area contributed by atoms with Crippen LogP contribution in [0.5, 0.6) is 0 Å². The van der Waals surface area contributed by atoms with Gasteiger partial charge in [0.05, 0.1) is 0 Å². The van der Waals surface area contributed by atoms with Crippen molar-refractivity contribution in [3.63, 3.8) is 0 Å². The number of hydrogen-bond acceptors (Lipinski definition) is 3. The molecule has 0 radical (unpaired) electrons. The first-order valence-electron chi connectivity index (χ1n) is 4.94. The fourth-order valence-corrected chi connectivity index (χ4v) is 2.64. The lowest BCUT2D eigenvalue weighted by atomic mass is 10.3. The lowest BCUT2D eigenvalue weighted by Crippen LogP contribution is -2.39. The molecule has 1 unspecified atom stereocenters. The number of nitrogens with two attached hydrogens (primary N) is 1. The van der Waals surface area contributed by atoms with E-state index in [0.29, 0.717) is 6.07 Å². The van der Waals surface area contributed by atoms with E-state index >= 15 is 0 Å². The number of sulfonamides is 1. The second kappa shape index (κ2) is 5.07. The van der Waals surface area contributed by atoms with Crippen molar-refractivity contribution in [2.75, 3.05) is 13.6 Å². The van der Waals surface area contributed by atoms with Crippen molar-refractivity contribution in [2.45, 2.75) is 17.9 Å². The van der Waals surface area contributed by atoms with Gasteiger partial charge in [-0.05, 0) is 19.1 Å². The molecule has 0 aliphatic carbocycles. The van der Waals surface area contributed by atoms with Crippen molar-refractivity contribution >= 4 is 10.0 Å². The number of halogens is 2. The first-order chi connectivity index (χ1) is 7.80. The SMILES string of the molecule is CC(CN)N(C)S(=O)(=O)c1ccc(F)cc1F. The maximum Gasteiger partial charge on any atom is 0.246 e. The maximum absolute atomic E-state index is 13.4. The number of rotatable bonds is 4. The molecular formula is C10H14F2N2O2S. The first-order valence-corrected chi connectivity index (χ1v) is 6.38. The van der Waals surface area contributed by atoms with E-state index in [1.54, 1.807) is 6.92 Å². The highest BCUT2D eigenvalue weighted by atomic mass is 32.2. The topological polar surface area (TPSA) is 63.4 Å². The summed E-state index contributed by atoms with van der Waals surface area (Å²) in [4.78, 5) is -0.554. The van der Waals surface area contributed by atoms with Crippen LogP contribution in [-0.4, -0.2) is 32.4 Å². The van der Waals surface area contributed by atoms with Crippen molar-refractivity contribution in [1.82, 2.24) is 4.31 Å². The summed E-state index contributed by atoms with van der Waals surface area (Å²) in [6, 6.07) is 1.87. The Bertz CT molecular complexity index is 505. The molecule has 0 heterocycles. The van der Waals surface area contributed by atoms with Crippen LogP contribution in [0, 0.1) is 11.6 Å². The molecule has 96 valence electrons. The van der Waals surface area contributed by atoms with Crippen LogP contribution < -0.4 is 5.73 Å². The summed E-state index contributed by atoms with van der Waals surface area (Å²) in [6.07, 6.45) is 0. The first kappa shape index (κ1) is 14.0. The smallest absolute Gasteiger partial charge is 0.246 e. The summed E-state index contributed by atoms with van der Waals surface area (Å²) < 4.78 is 51.0. The van der Waals surface area contributed by atoms with Crippen molar-refractivity contribution in [3.8, 4) is 0 Å². The third-order valence-electron chi connectivity index (χ3n) is 2.51. The highest BCUT2D eigenvalue weighted by Crippen LogP contribution is 2.20. The minimum absolute atomic E-state index is 0.110. The summed E-state index contributed by atoms with van der Waals surface area (Å²) in [5.41, 5.74) is 5.35. The van der Waals surface area contributed by atoms with Gasteiger partial charge in [-0.25, -0.2) is 17.2 Å². The van der Waals surface area contributed by atoms with Gasteiger partial charge in [0.15, 0.2) is 0 Å². The predicted molar refractivity (Wildman–Crippen MR) is 59.8 cm³/mol. The summed E-state index contributed by atoms with van der Waals surface area (Å²) in [6.45, 7) is 1.71. The van der Waals surface area contributed by atoms with E-state index in [9.17, 15) is 17.2 Å². The highest BCUT2D eigenvalue weighted by Gasteiger charge is 2.27. The summed E-state index contributed by atoms with van der Waals surface area (Å²) >= 11 is 0. The third-order valence-corrected chi connectivity index (χ3v) is 4.52.